The lowest BCUT2D eigenvalue weighted by atomic mass is 9.83. The lowest BCUT2D eigenvalue weighted by Crippen LogP contribution is -2.54. The fraction of sp³-hybridized carbons (Fsp3) is 0.333. The lowest BCUT2D eigenvalue weighted by Gasteiger charge is -2.45. The first-order valence-electron chi connectivity index (χ1n) is 20.4. The van der Waals surface area contributed by atoms with Gasteiger partial charge in [-0.1, -0.05) is 31.7 Å². The molecule has 0 unspecified atom stereocenters. The number of pyridine rings is 4. The second-order valence-corrected chi connectivity index (χ2v) is 16.1. The number of imidazole rings is 2. The number of aromatic hydroxyl groups is 1. The van der Waals surface area contributed by atoms with E-state index in [2.05, 4.69) is 50.0 Å². The van der Waals surface area contributed by atoms with Gasteiger partial charge >= 0.3 is 0 Å². The summed E-state index contributed by atoms with van der Waals surface area (Å²) in [6.07, 6.45) is 11.6. The summed E-state index contributed by atoms with van der Waals surface area (Å²) in [5.74, 6) is 2.33. The van der Waals surface area contributed by atoms with Crippen molar-refractivity contribution >= 4 is 49.6 Å². The van der Waals surface area contributed by atoms with Crippen LogP contribution in [0.3, 0.4) is 0 Å². The first kappa shape index (κ1) is 39.1. The summed E-state index contributed by atoms with van der Waals surface area (Å²) < 4.78 is 0. The van der Waals surface area contributed by atoms with Crippen LogP contribution in [0.2, 0.25) is 0 Å². The van der Waals surface area contributed by atoms with Crippen LogP contribution in [0.5, 0.6) is 5.75 Å². The maximum absolute atomic E-state index is 13.1. The molecule has 6 saturated heterocycles. The van der Waals surface area contributed by atoms with Crippen molar-refractivity contribution in [1.82, 2.24) is 49.7 Å². The number of H-pyrrole nitrogens is 4. The Labute approximate surface area is 345 Å². The van der Waals surface area contributed by atoms with Gasteiger partial charge < -0.3 is 45.9 Å². The number of fused-ring (bicyclic) bond motifs is 10. The van der Waals surface area contributed by atoms with Crippen molar-refractivity contribution in [2.24, 2.45) is 17.6 Å². The summed E-state index contributed by atoms with van der Waals surface area (Å²) in [5.41, 5.74) is 11.4. The number of piperidine rings is 6. The molecule has 14 rings (SSSR count). The predicted molar refractivity (Wildman–Crippen MR) is 237 cm³/mol. The van der Waals surface area contributed by atoms with Crippen molar-refractivity contribution in [3.05, 3.63) is 106 Å². The number of aromatic amines is 4. The third-order valence-electron chi connectivity index (χ3n) is 12.5. The molecule has 0 aliphatic carbocycles. The number of hydrogen-bond acceptors (Lipinski definition) is 11. The van der Waals surface area contributed by atoms with Gasteiger partial charge in [0.1, 0.15) is 28.5 Å². The number of benzene rings is 2. The van der Waals surface area contributed by atoms with Crippen LogP contribution in [0.15, 0.2) is 95.0 Å². The number of hydrogen-bond donors (Lipinski definition) is 7. The highest BCUT2D eigenvalue weighted by molar-refractivity contribution is 5.99. The van der Waals surface area contributed by atoms with E-state index in [1.54, 1.807) is 24.7 Å². The molecule has 15 heteroatoms. The van der Waals surface area contributed by atoms with Gasteiger partial charge in [0.15, 0.2) is 0 Å². The minimum atomic E-state index is -0.410. The normalized spacial score (nSPS) is 22.8. The molecule has 2 atom stereocenters. The summed E-state index contributed by atoms with van der Waals surface area (Å²) in [7, 11) is 0. The van der Waals surface area contributed by atoms with E-state index in [0.29, 0.717) is 46.1 Å². The second kappa shape index (κ2) is 16.3. The standard InChI is InChI=1S/C22H22N6O.C15H10N4O2.C7H14N2.CH4/c29-22-19(21-25-15-3-1-2-4-16(15)26-21)20(14-5-8-23-11-17(14)27-22)24-18-12-28-9-6-13(18)7-10-28;20-13-8-5-6-16-7-11(8)19-15(21)12(13)14-17-9-3-1-2-4-10(9)18-14;8-7-5-9-3-1-6(7)2-4-9;/h1-5,8,11,13,18H,6-7,9-10,12H2,(H,25,26)(H2,24,27,29);1-7H,(H,17,18)(H2,19,20,21);6-7H,1-5,8H2;1H4/t18-;;7-;/m0.0./s1. The van der Waals surface area contributed by atoms with E-state index in [-0.39, 0.29) is 24.3 Å². The number of anilines is 1. The van der Waals surface area contributed by atoms with Gasteiger partial charge in [0.2, 0.25) is 0 Å². The Bertz CT molecular complexity index is 2850. The van der Waals surface area contributed by atoms with Gasteiger partial charge in [-0.25, -0.2) is 9.97 Å². The molecule has 0 amide bonds. The Kier molecular flexibility index (Phi) is 10.6. The SMILES string of the molecule is C.N[C@H]1CN2CCC1CC2.O=c1[nH]c2cnccc2c(N[C@H]2CN3CCC2CC3)c1-c1nc2ccccc2[nH]1.O=c1[nH]c2cnccc2c(O)c1-c1nc2ccccc2[nH]1. The molecule has 6 aromatic heterocycles. The second-order valence-electron chi connectivity index (χ2n) is 16.1. The largest absolute Gasteiger partial charge is 0.506 e. The quantitative estimate of drug-likeness (QED) is 0.113. The minimum absolute atomic E-state index is 0. The Morgan fingerprint density at radius 2 is 1.15 bits per heavy atom. The average Bonchev–Trinajstić information content (AvgIpc) is 3.90. The first-order chi connectivity index (χ1) is 28.9. The Morgan fingerprint density at radius 3 is 1.67 bits per heavy atom. The topological polar surface area (TPSA) is 214 Å². The van der Waals surface area contributed by atoms with Crippen LogP contribution in [-0.4, -0.2) is 106 Å². The fourth-order valence-electron chi connectivity index (χ4n) is 9.34. The van der Waals surface area contributed by atoms with Crippen LogP contribution in [0.1, 0.15) is 33.1 Å². The summed E-state index contributed by atoms with van der Waals surface area (Å²) >= 11 is 0. The van der Waals surface area contributed by atoms with Gasteiger partial charge in [-0.3, -0.25) is 19.6 Å². The third-order valence-corrected chi connectivity index (χ3v) is 12.5. The molecule has 6 aliphatic rings. The summed E-state index contributed by atoms with van der Waals surface area (Å²) in [6.45, 7) is 7.14. The number of rotatable bonds is 4. The highest BCUT2D eigenvalue weighted by Crippen LogP contribution is 2.36. The summed E-state index contributed by atoms with van der Waals surface area (Å²) in [6, 6.07) is 19.7. The van der Waals surface area contributed by atoms with E-state index in [4.69, 9.17) is 10.7 Å². The number of nitrogens with one attached hydrogen (secondary N) is 5. The van der Waals surface area contributed by atoms with Crippen molar-refractivity contribution in [1.29, 1.82) is 0 Å². The zero-order valence-corrected chi connectivity index (χ0v) is 32.5. The lowest BCUT2D eigenvalue weighted by molar-refractivity contribution is 0.0896. The van der Waals surface area contributed by atoms with Crippen LogP contribution in [0, 0.1) is 11.8 Å². The van der Waals surface area contributed by atoms with Gasteiger partial charge in [-0.2, -0.15) is 0 Å². The Hall–Kier alpha value is -6.42. The minimum Gasteiger partial charge on any atom is -0.506 e. The third kappa shape index (κ3) is 7.40. The van der Waals surface area contributed by atoms with Gasteiger partial charge in [0.25, 0.3) is 11.1 Å². The molecule has 2 aromatic carbocycles. The zero-order chi connectivity index (χ0) is 40.0. The molecule has 8 N–H and O–H groups in total. The van der Waals surface area contributed by atoms with E-state index in [1.165, 1.54) is 58.1 Å². The van der Waals surface area contributed by atoms with Crippen LogP contribution in [0.25, 0.3) is 66.6 Å². The van der Waals surface area contributed by atoms with Crippen LogP contribution < -0.4 is 22.2 Å². The molecule has 0 saturated carbocycles. The van der Waals surface area contributed by atoms with Crippen molar-refractivity contribution in [2.75, 3.05) is 44.6 Å². The molecule has 15 nitrogen and oxygen atoms in total. The van der Waals surface area contributed by atoms with Crippen LogP contribution in [-0.2, 0) is 0 Å². The van der Waals surface area contributed by atoms with Crippen molar-refractivity contribution in [3.63, 3.8) is 0 Å². The highest BCUT2D eigenvalue weighted by Gasteiger charge is 2.35. The fourth-order valence-corrected chi connectivity index (χ4v) is 9.34. The van der Waals surface area contributed by atoms with Crippen molar-refractivity contribution in [2.45, 2.75) is 45.2 Å². The van der Waals surface area contributed by atoms with E-state index < -0.39 is 5.56 Å². The van der Waals surface area contributed by atoms with Gasteiger partial charge in [-0.05, 0) is 100 Å². The van der Waals surface area contributed by atoms with Crippen LogP contribution in [0.4, 0.5) is 5.69 Å². The molecule has 308 valence electrons. The molecule has 6 fully saturated rings. The first-order valence-corrected chi connectivity index (χ1v) is 20.4. The molecule has 60 heavy (non-hydrogen) atoms. The van der Waals surface area contributed by atoms with E-state index in [0.717, 1.165) is 57.7 Å². The molecule has 0 radical (unpaired) electrons. The highest BCUT2D eigenvalue weighted by atomic mass is 16.3. The van der Waals surface area contributed by atoms with Crippen LogP contribution >= 0.6 is 0 Å². The number of nitrogens with zero attached hydrogens (tertiary/aromatic N) is 6. The molecule has 4 bridgehead atoms. The van der Waals surface area contributed by atoms with Crippen molar-refractivity contribution < 1.29 is 5.11 Å². The molecular formula is C45H50N12O3. The maximum Gasteiger partial charge on any atom is 0.263 e. The van der Waals surface area contributed by atoms with Gasteiger partial charge in [-0.15, -0.1) is 0 Å². The van der Waals surface area contributed by atoms with Gasteiger partial charge in [0.05, 0.1) is 51.2 Å². The smallest absolute Gasteiger partial charge is 0.263 e. The molecule has 6 aliphatic heterocycles. The summed E-state index contributed by atoms with van der Waals surface area (Å²) in [5, 5.41) is 15.7. The number of nitrogens with two attached hydrogens (primary N) is 1. The monoisotopic (exact) mass is 806 g/mol. The Balaban J connectivity index is 0.000000130. The maximum atomic E-state index is 13.1. The average molecular weight is 807 g/mol. The van der Waals surface area contributed by atoms with Crippen molar-refractivity contribution in [3.8, 4) is 28.5 Å². The molecule has 0 spiro atoms. The zero-order valence-electron chi connectivity index (χ0n) is 32.5. The van der Waals surface area contributed by atoms with E-state index in [1.807, 2.05) is 54.6 Å². The van der Waals surface area contributed by atoms with E-state index in [9.17, 15) is 14.7 Å². The number of para-hydroxylation sites is 4. The Morgan fingerprint density at radius 1 is 0.633 bits per heavy atom. The predicted octanol–water partition coefficient (Wildman–Crippen LogP) is 5.82. The summed E-state index contributed by atoms with van der Waals surface area (Å²) in [4.78, 5) is 59.6. The molecular weight excluding hydrogens is 757 g/mol. The number of aromatic nitrogens is 8. The molecule has 12 heterocycles. The van der Waals surface area contributed by atoms with Gasteiger partial charge in [0, 0.05) is 48.3 Å². The molecule has 8 aromatic rings. The van der Waals surface area contributed by atoms with E-state index >= 15 is 0 Å².